The van der Waals surface area contributed by atoms with E-state index >= 15 is 0 Å². The van der Waals surface area contributed by atoms with E-state index in [4.69, 9.17) is 0 Å². The third-order valence-electron chi connectivity index (χ3n) is 2.57. The van der Waals surface area contributed by atoms with Gasteiger partial charge in [-0.2, -0.15) is 4.98 Å². The van der Waals surface area contributed by atoms with Gasteiger partial charge >= 0.3 is 5.69 Å². The van der Waals surface area contributed by atoms with Crippen molar-refractivity contribution in [3.8, 4) is 0 Å². The molecule has 8 nitrogen and oxygen atoms in total. The molecule has 0 spiro atoms. The van der Waals surface area contributed by atoms with Crippen molar-refractivity contribution in [2.75, 3.05) is 44.4 Å². The Labute approximate surface area is 118 Å². The van der Waals surface area contributed by atoms with E-state index in [2.05, 4.69) is 25.5 Å². The number of anilines is 2. The van der Waals surface area contributed by atoms with Crippen LogP contribution < -0.4 is 10.6 Å². The lowest BCUT2D eigenvalue weighted by Gasteiger charge is -2.11. The van der Waals surface area contributed by atoms with Crippen molar-refractivity contribution in [2.24, 2.45) is 0 Å². The molecule has 0 aliphatic carbocycles. The van der Waals surface area contributed by atoms with E-state index in [1.807, 2.05) is 21.0 Å². The third-order valence-corrected chi connectivity index (χ3v) is 2.57. The number of nitro groups is 1. The Kier molecular flexibility index (Phi) is 6.65. The molecular weight excluding hydrogens is 260 g/mol. The summed E-state index contributed by atoms with van der Waals surface area (Å²) in [6.07, 6.45) is 3.05. The smallest absolute Gasteiger partial charge is 0.329 e. The van der Waals surface area contributed by atoms with Gasteiger partial charge in [0.05, 0.1) is 4.92 Å². The maximum absolute atomic E-state index is 10.9. The number of rotatable bonds is 9. The van der Waals surface area contributed by atoms with Gasteiger partial charge in [0.2, 0.25) is 11.8 Å². The van der Waals surface area contributed by atoms with Gasteiger partial charge < -0.3 is 15.5 Å². The van der Waals surface area contributed by atoms with Gasteiger partial charge in [-0.3, -0.25) is 10.1 Å². The molecule has 1 aromatic heterocycles. The van der Waals surface area contributed by atoms with Crippen LogP contribution in [0.25, 0.3) is 0 Å². The van der Waals surface area contributed by atoms with Crippen LogP contribution in [-0.2, 0) is 0 Å². The molecule has 0 amide bonds. The van der Waals surface area contributed by atoms with E-state index in [-0.39, 0.29) is 11.5 Å². The molecule has 0 atom stereocenters. The van der Waals surface area contributed by atoms with Crippen molar-refractivity contribution >= 4 is 17.5 Å². The van der Waals surface area contributed by atoms with Gasteiger partial charge in [-0.05, 0) is 33.5 Å². The first-order valence-corrected chi connectivity index (χ1v) is 6.68. The van der Waals surface area contributed by atoms with Gasteiger partial charge in [0.25, 0.3) is 0 Å². The molecule has 20 heavy (non-hydrogen) atoms. The molecule has 112 valence electrons. The highest BCUT2D eigenvalue weighted by Crippen LogP contribution is 2.21. The summed E-state index contributed by atoms with van der Waals surface area (Å²) in [4.78, 5) is 20.6. The molecule has 0 unspecified atom stereocenters. The van der Waals surface area contributed by atoms with Crippen LogP contribution in [0, 0.1) is 10.1 Å². The van der Waals surface area contributed by atoms with E-state index in [9.17, 15) is 10.1 Å². The van der Waals surface area contributed by atoms with Crippen LogP contribution >= 0.6 is 0 Å². The molecule has 1 rings (SSSR count). The molecule has 0 radical (unpaired) electrons. The van der Waals surface area contributed by atoms with Crippen LogP contribution in [-0.4, -0.2) is 53.5 Å². The molecule has 0 saturated carbocycles. The maximum Gasteiger partial charge on any atom is 0.329 e. The highest BCUT2D eigenvalue weighted by atomic mass is 16.6. The number of nitrogens with one attached hydrogen (secondary N) is 2. The molecule has 0 aliphatic rings. The van der Waals surface area contributed by atoms with Crippen LogP contribution in [0.5, 0.6) is 0 Å². The number of hydrogen-bond acceptors (Lipinski definition) is 7. The molecule has 0 fully saturated rings. The van der Waals surface area contributed by atoms with Crippen molar-refractivity contribution < 1.29 is 4.92 Å². The molecule has 8 heteroatoms. The van der Waals surface area contributed by atoms with Crippen LogP contribution in [0.15, 0.2) is 6.20 Å². The van der Waals surface area contributed by atoms with Gasteiger partial charge in [-0.15, -0.1) is 0 Å². The SMILES string of the molecule is CCCNc1ncc([N+](=O)[O-])c(NCCCN(C)C)n1. The molecule has 1 heterocycles. The summed E-state index contributed by atoms with van der Waals surface area (Å²) in [5, 5.41) is 17.0. The van der Waals surface area contributed by atoms with Crippen molar-refractivity contribution in [3.05, 3.63) is 16.3 Å². The summed E-state index contributed by atoms with van der Waals surface area (Å²) >= 11 is 0. The van der Waals surface area contributed by atoms with Gasteiger partial charge in [0, 0.05) is 13.1 Å². The quantitative estimate of drug-likeness (QED) is 0.403. The lowest BCUT2D eigenvalue weighted by atomic mass is 10.4. The van der Waals surface area contributed by atoms with Crippen molar-refractivity contribution in [3.63, 3.8) is 0 Å². The zero-order chi connectivity index (χ0) is 15.0. The van der Waals surface area contributed by atoms with Gasteiger partial charge in [0.1, 0.15) is 6.20 Å². The van der Waals surface area contributed by atoms with Crippen molar-refractivity contribution in [1.29, 1.82) is 0 Å². The second kappa shape index (κ2) is 8.26. The van der Waals surface area contributed by atoms with Crippen molar-refractivity contribution in [2.45, 2.75) is 19.8 Å². The monoisotopic (exact) mass is 282 g/mol. The largest absolute Gasteiger partial charge is 0.364 e. The van der Waals surface area contributed by atoms with Crippen LogP contribution in [0.3, 0.4) is 0 Å². The van der Waals surface area contributed by atoms with Gasteiger partial charge in [0.15, 0.2) is 0 Å². The van der Waals surface area contributed by atoms with Crippen LogP contribution in [0.1, 0.15) is 19.8 Å². The summed E-state index contributed by atoms with van der Waals surface area (Å²) in [7, 11) is 3.97. The lowest BCUT2D eigenvalue weighted by molar-refractivity contribution is -0.384. The summed E-state index contributed by atoms with van der Waals surface area (Å²) < 4.78 is 0. The topological polar surface area (TPSA) is 96.2 Å². The molecule has 0 aromatic carbocycles. The Morgan fingerprint density at radius 2 is 2.10 bits per heavy atom. The van der Waals surface area contributed by atoms with E-state index in [0.717, 1.165) is 25.9 Å². The zero-order valence-electron chi connectivity index (χ0n) is 12.2. The number of nitrogens with zero attached hydrogens (tertiary/aromatic N) is 4. The first kappa shape index (κ1) is 16.1. The highest BCUT2D eigenvalue weighted by molar-refractivity contribution is 5.56. The average molecular weight is 282 g/mol. The minimum absolute atomic E-state index is 0.100. The fourth-order valence-electron chi connectivity index (χ4n) is 1.56. The van der Waals surface area contributed by atoms with Crippen LogP contribution in [0.2, 0.25) is 0 Å². The van der Waals surface area contributed by atoms with E-state index < -0.39 is 4.92 Å². The summed E-state index contributed by atoms with van der Waals surface area (Å²) in [6, 6.07) is 0. The summed E-state index contributed by atoms with van der Waals surface area (Å²) in [5.74, 6) is 0.676. The van der Waals surface area contributed by atoms with E-state index in [1.165, 1.54) is 6.20 Å². The summed E-state index contributed by atoms with van der Waals surface area (Å²) in [6.45, 7) is 4.30. The average Bonchev–Trinajstić information content (AvgIpc) is 2.41. The Bertz CT molecular complexity index is 438. The van der Waals surface area contributed by atoms with Gasteiger partial charge in [-0.25, -0.2) is 4.98 Å². The maximum atomic E-state index is 10.9. The molecule has 0 saturated heterocycles. The molecule has 1 aromatic rings. The second-order valence-electron chi connectivity index (χ2n) is 4.69. The Balaban J connectivity index is 2.70. The fourth-order valence-corrected chi connectivity index (χ4v) is 1.56. The van der Waals surface area contributed by atoms with E-state index in [0.29, 0.717) is 12.5 Å². The Morgan fingerprint density at radius 3 is 2.70 bits per heavy atom. The number of aromatic nitrogens is 2. The first-order valence-electron chi connectivity index (χ1n) is 6.68. The van der Waals surface area contributed by atoms with E-state index in [1.54, 1.807) is 0 Å². The summed E-state index contributed by atoms with van der Waals surface area (Å²) in [5.41, 5.74) is -0.100. The highest BCUT2D eigenvalue weighted by Gasteiger charge is 2.16. The third kappa shape index (κ3) is 5.35. The zero-order valence-corrected chi connectivity index (χ0v) is 12.2. The Morgan fingerprint density at radius 1 is 1.35 bits per heavy atom. The standard InChI is InChI=1S/C12H22N6O2/c1-4-6-14-12-15-9-10(18(19)20)11(16-12)13-7-5-8-17(2)3/h9H,4-8H2,1-3H3,(H2,13,14,15,16). The van der Waals surface area contributed by atoms with Crippen molar-refractivity contribution in [1.82, 2.24) is 14.9 Å². The predicted molar refractivity (Wildman–Crippen MR) is 79.1 cm³/mol. The molecule has 2 N–H and O–H groups in total. The lowest BCUT2D eigenvalue weighted by Crippen LogP contribution is -2.17. The minimum Gasteiger partial charge on any atom is -0.364 e. The van der Waals surface area contributed by atoms with Gasteiger partial charge in [-0.1, -0.05) is 6.92 Å². The normalized spacial score (nSPS) is 10.6. The van der Waals surface area contributed by atoms with Crippen LogP contribution in [0.4, 0.5) is 17.5 Å². The first-order chi connectivity index (χ1) is 9.54. The molecule has 0 aliphatic heterocycles. The molecular formula is C12H22N6O2. The second-order valence-corrected chi connectivity index (χ2v) is 4.69. The Hall–Kier alpha value is -1.96. The fraction of sp³-hybridized carbons (Fsp3) is 0.667. The molecule has 0 bridgehead atoms. The number of hydrogen-bond donors (Lipinski definition) is 2. The predicted octanol–water partition coefficient (Wildman–Crippen LogP) is 1.57. The minimum atomic E-state index is -0.474.